The maximum Gasteiger partial charge on any atom is 0.326 e. The maximum atomic E-state index is 15.9. The molecule has 8 atom stereocenters. The molecule has 2 saturated heterocycles. The van der Waals surface area contributed by atoms with Gasteiger partial charge in [-0.1, -0.05) is 5.21 Å². The zero-order valence-electron chi connectivity index (χ0n) is 21.0. The molecule has 4 aromatic heterocycles. The van der Waals surface area contributed by atoms with E-state index < -0.39 is 67.2 Å². The van der Waals surface area contributed by atoms with Crippen LogP contribution in [0.1, 0.15) is 6.23 Å². The van der Waals surface area contributed by atoms with Crippen molar-refractivity contribution in [1.29, 1.82) is 0 Å². The van der Waals surface area contributed by atoms with Crippen molar-refractivity contribution < 1.29 is 37.7 Å². The van der Waals surface area contributed by atoms with E-state index in [2.05, 4.69) is 35.2 Å². The number of alkyl halides is 2. The molecule has 2 fully saturated rings. The van der Waals surface area contributed by atoms with Gasteiger partial charge in [-0.3, -0.25) is 18.9 Å². The number of aliphatic hydroxyl groups is 2. The van der Waals surface area contributed by atoms with Crippen LogP contribution in [-0.4, -0.2) is 108 Å². The second kappa shape index (κ2) is 10.6. The number of thioether (sulfide) groups is 1. The number of fused-ring (bicyclic) bond motifs is 2. The number of nitrogens with one attached hydrogen (secondary N) is 1. The minimum absolute atomic E-state index is 0.0000182. The molecule has 2 aliphatic rings. The van der Waals surface area contributed by atoms with E-state index in [1.165, 1.54) is 0 Å². The molecule has 0 saturated carbocycles. The summed E-state index contributed by atoms with van der Waals surface area (Å²) < 4.78 is 49.8. The Kier molecular flexibility index (Phi) is 7.38. The SMILES string of the molecule is Nc1nc2c(ncn2[C@]2(OP(O)(=S)OC[C@H]3O[C@@H](n4nnc5c(N)ncnc54)[C@@H](F)[C@@H]3O)CS[C@H](CO)[C@@H]2F)c(=O)[nH]1. The second-order valence-corrected chi connectivity index (χ2v) is 13.3. The summed E-state index contributed by atoms with van der Waals surface area (Å²) in [6, 6.07) is 0. The Morgan fingerprint density at radius 3 is 2.81 bits per heavy atom. The van der Waals surface area contributed by atoms with Gasteiger partial charge in [0.25, 0.3) is 5.56 Å². The lowest BCUT2D eigenvalue weighted by Gasteiger charge is -2.35. The van der Waals surface area contributed by atoms with E-state index >= 15 is 8.78 Å². The number of aliphatic hydroxyl groups excluding tert-OH is 2. The molecule has 0 radical (unpaired) electrons. The van der Waals surface area contributed by atoms with Gasteiger partial charge in [0.15, 0.2) is 52.4 Å². The first-order chi connectivity index (χ1) is 20.0. The van der Waals surface area contributed by atoms with Gasteiger partial charge < -0.3 is 35.8 Å². The molecular formula is C19H22F2N11O7PS2. The second-order valence-electron chi connectivity index (χ2n) is 9.34. The number of halogens is 2. The first-order valence-corrected chi connectivity index (χ1v) is 15.7. The predicted octanol–water partition coefficient (Wildman–Crippen LogP) is -1.54. The third-order valence-corrected chi connectivity index (χ3v) is 9.73. The summed E-state index contributed by atoms with van der Waals surface area (Å²) in [6.07, 6.45) is -6.53. The predicted molar refractivity (Wildman–Crippen MR) is 145 cm³/mol. The van der Waals surface area contributed by atoms with Crippen LogP contribution in [0.3, 0.4) is 0 Å². The van der Waals surface area contributed by atoms with Crippen LogP contribution >= 0.6 is 18.5 Å². The number of aromatic nitrogens is 9. The first-order valence-electron chi connectivity index (χ1n) is 12.0. The molecule has 6 heterocycles. The summed E-state index contributed by atoms with van der Waals surface area (Å²) in [5.41, 5.74) is 8.33. The number of nitrogens with two attached hydrogens (primary N) is 2. The largest absolute Gasteiger partial charge is 0.395 e. The van der Waals surface area contributed by atoms with Gasteiger partial charge in [-0.05, 0) is 11.8 Å². The third-order valence-electron chi connectivity index (χ3n) is 6.77. The van der Waals surface area contributed by atoms with E-state index in [9.17, 15) is 19.9 Å². The minimum atomic E-state index is -4.43. The highest BCUT2D eigenvalue weighted by molar-refractivity contribution is 8.07. The summed E-state index contributed by atoms with van der Waals surface area (Å²) in [6.45, 7) is -5.71. The topological polar surface area (TPSA) is 260 Å². The van der Waals surface area contributed by atoms with Crippen molar-refractivity contribution in [3.8, 4) is 0 Å². The fourth-order valence-electron chi connectivity index (χ4n) is 4.74. The van der Waals surface area contributed by atoms with Crippen LogP contribution in [0.15, 0.2) is 17.4 Å². The van der Waals surface area contributed by atoms with Crippen LogP contribution in [-0.2, 0) is 31.3 Å². The quantitative estimate of drug-likeness (QED) is 0.118. The Labute approximate surface area is 241 Å². The third kappa shape index (κ3) is 4.72. The average Bonchev–Trinajstić information content (AvgIpc) is 3.70. The summed E-state index contributed by atoms with van der Waals surface area (Å²) in [7, 11) is 0. The van der Waals surface area contributed by atoms with Gasteiger partial charge in [0, 0.05) is 5.75 Å². The van der Waals surface area contributed by atoms with Crippen LogP contribution in [0.4, 0.5) is 20.5 Å². The Hall–Kier alpha value is -2.95. The normalized spacial score (nSPS) is 31.3. The lowest BCUT2D eigenvalue weighted by atomic mass is 10.1. The molecule has 23 heteroatoms. The van der Waals surface area contributed by atoms with Crippen molar-refractivity contribution in [2.24, 2.45) is 0 Å². The van der Waals surface area contributed by atoms with E-state index in [0.29, 0.717) is 0 Å². The molecule has 4 aromatic rings. The number of aromatic amines is 1. The Balaban J connectivity index is 1.25. The highest BCUT2D eigenvalue weighted by Crippen LogP contribution is 2.56. The van der Waals surface area contributed by atoms with Crippen molar-refractivity contribution in [3.63, 3.8) is 0 Å². The summed E-state index contributed by atoms with van der Waals surface area (Å²) in [5.74, 6) is -0.510. The Morgan fingerprint density at radius 1 is 1.29 bits per heavy atom. The van der Waals surface area contributed by atoms with Crippen molar-refractivity contribution in [2.75, 3.05) is 30.4 Å². The lowest BCUT2D eigenvalue weighted by Crippen LogP contribution is -2.46. The molecule has 0 spiro atoms. The number of anilines is 2. The van der Waals surface area contributed by atoms with Crippen molar-refractivity contribution >= 4 is 64.4 Å². The summed E-state index contributed by atoms with van der Waals surface area (Å²) in [4.78, 5) is 41.4. The van der Waals surface area contributed by atoms with Crippen LogP contribution in [0.5, 0.6) is 0 Å². The fraction of sp³-hybridized carbons (Fsp3) is 0.526. The van der Waals surface area contributed by atoms with Crippen LogP contribution in [0, 0.1) is 0 Å². The number of nitrogen functional groups attached to an aromatic ring is 2. The van der Waals surface area contributed by atoms with E-state index in [4.69, 9.17) is 37.1 Å². The van der Waals surface area contributed by atoms with Crippen molar-refractivity contribution in [2.45, 2.75) is 41.8 Å². The zero-order valence-corrected chi connectivity index (χ0v) is 23.5. The van der Waals surface area contributed by atoms with E-state index in [-0.39, 0.29) is 39.8 Å². The van der Waals surface area contributed by atoms with Gasteiger partial charge >= 0.3 is 6.72 Å². The van der Waals surface area contributed by atoms with Crippen LogP contribution < -0.4 is 17.0 Å². The zero-order chi connectivity index (χ0) is 30.0. The molecule has 18 nitrogen and oxygen atoms in total. The number of ether oxygens (including phenoxy) is 1. The molecule has 0 aliphatic carbocycles. The Morgan fingerprint density at radius 2 is 2.07 bits per heavy atom. The smallest absolute Gasteiger partial charge is 0.326 e. The van der Waals surface area contributed by atoms with Crippen LogP contribution in [0.2, 0.25) is 0 Å². The first kappa shape index (κ1) is 29.1. The number of hydrogen-bond acceptors (Lipinski definition) is 16. The van der Waals surface area contributed by atoms with E-state index in [1.54, 1.807) is 0 Å². The highest BCUT2D eigenvalue weighted by Gasteiger charge is 2.56. The molecular weight excluding hydrogens is 627 g/mol. The molecule has 2 aliphatic heterocycles. The van der Waals surface area contributed by atoms with Crippen molar-refractivity contribution in [1.82, 2.24) is 44.5 Å². The molecule has 8 N–H and O–H groups in total. The molecule has 6 rings (SSSR count). The number of rotatable bonds is 8. The van der Waals surface area contributed by atoms with Gasteiger partial charge in [0.05, 0.1) is 24.8 Å². The summed E-state index contributed by atoms with van der Waals surface area (Å²) in [5, 5.41) is 26.8. The Bertz CT molecular complexity index is 1760. The van der Waals surface area contributed by atoms with Gasteiger partial charge in [-0.2, -0.15) is 9.67 Å². The average molecular weight is 650 g/mol. The van der Waals surface area contributed by atoms with Gasteiger partial charge in [-0.25, -0.2) is 23.7 Å². The van der Waals surface area contributed by atoms with Gasteiger partial charge in [-0.15, -0.1) is 16.9 Å². The monoisotopic (exact) mass is 649 g/mol. The molecule has 1 unspecified atom stereocenters. The molecule has 0 aromatic carbocycles. The number of H-pyrrole nitrogens is 1. The van der Waals surface area contributed by atoms with Crippen LogP contribution in [0.25, 0.3) is 22.3 Å². The van der Waals surface area contributed by atoms with Gasteiger partial charge in [0.1, 0.15) is 18.5 Å². The molecule has 42 heavy (non-hydrogen) atoms. The minimum Gasteiger partial charge on any atom is -0.395 e. The standard InChI is InChI=1S/C19H22F2N11O7PS2/c20-8-11(34)6(38-17(8)32-14-9(29-30-32)13(22)24-4-25-14)2-37-40(36,41)39-19(3-42-7(1-33)12(19)21)31-5-26-10-15(31)27-18(23)28-16(10)35/h4-8,11-12,17,33-34H,1-3H2,(H,36,41)(H2,22,24,25)(H3,23,27,28,35)/t6-,7-,8+,11-,12+,17-,19+,40?/m1/s1. The number of imidazole rings is 1. The lowest BCUT2D eigenvalue weighted by molar-refractivity contribution is -0.0764. The van der Waals surface area contributed by atoms with E-state index in [1.807, 2.05) is 0 Å². The number of hydrogen-bond donors (Lipinski definition) is 6. The number of nitrogens with zero attached hydrogens (tertiary/aromatic N) is 8. The highest BCUT2D eigenvalue weighted by atomic mass is 32.5. The van der Waals surface area contributed by atoms with E-state index in [0.717, 1.165) is 33.7 Å². The fourth-order valence-corrected chi connectivity index (χ4v) is 7.73. The maximum absolute atomic E-state index is 15.9. The molecule has 0 bridgehead atoms. The van der Waals surface area contributed by atoms with Gasteiger partial charge in [0.2, 0.25) is 5.95 Å². The summed E-state index contributed by atoms with van der Waals surface area (Å²) >= 11 is 6.14. The molecule has 226 valence electrons. The molecule has 0 amide bonds. The van der Waals surface area contributed by atoms with Crippen molar-refractivity contribution in [3.05, 3.63) is 23.0 Å².